The smallest absolute Gasteiger partial charge is 0.130 e. The van der Waals surface area contributed by atoms with Gasteiger partial charge in [0, 0.05) is 54.8 Å². The molecule has 0 unspecified atom stereocenters. The molecule has 1 aliphatic rings. The number of hydrogen-bond donors (Lipinski definition) is 1. The highest BCUT2D eigenvalue weighted by Crippen LogP contribution is 2.22. The highest BCUT2D eigenvalue weighted by atomic mass is 35.5. The summed E-state index contributed by atoms with van der Waals surface area (Å²) in [6.45, 7) is 3.78. The molecule has 4 nitrogen and oxygen atoms in total. The van der Waals surface area contributed by atoms with E-state index in [4.69, 9.17) is 17.3 Å². The molecule has 20 heavy (non-hydrogen) atoms. The lowest BCUT2D eigenvalue weighted by Crippen LogP contribution is -2.46. The van der Waals surface area contributed by atoms with Crippen LogP contribution in [0.2, 0.25) is 5.02 Å². The molecule has 1 aromatic carbocycles. The van der Waals surface area contributed by atoms with Crippen LogP contribution in [0.3, 0.4) is 0 Å². The second kappa shape index (κ2) is 5.59. The van der Waals surface area contributed by atoms with Gasteiger partial charge in [0.1, 0.15) is 5.82 Å². The summed E-state index contributed by atoms with van der Waals surface area (Å²) < 4.78 is 0. The van der Waals surface area contributed by atoms with E-state index in [9.17, 15) is 0 Å². The molecule has 1 aliphatic heterocycles. The van der Waals surface area contributed by atoms with Gasteiger partial charge in [-0.2, -0.15) is 0 Å². The lowest BCUT2D eigenvalue weighted by atomic mass is 10.2. The minimum absolute atomic E-state index is 0.757. The zero-order valence-corrected chi connectivity index (χ0v) is 11.9. The van der Waals surface area contributed by atoms with Gasteiger partial charge >= 0.3 is 0 Å². The van der Waals surface area contributed by atoms with Gasteiger partial charge in [-0.3, -0.25) is 0 Å². The first-order valence-electron chi connectivity index (χ1n) is 6.69. The van der Waals surface area contributed by atoms with Gasteiger partial charge in [-0.05, 0) is 24.3 Å². The average molecular weight is 289 g/mol. The van der Waals surface area contributed by atoms with Crippen LogP contribution in [0.25, 0.3) is 0 Å². The molecule has 2 N–H and O–H groups in total. The van der Waals surface area contributed by atoms with Crippen LogP contribution in [-0.2, 0) is 0 Å². The van der Waals surface area contributed by atoms with E-state index >= 15 is 0 Å². The fourth-order valence-electron chi connectivity index (χ4n) is 2.47. The molecule has 1 saturated heterocycles. The predicted molar refractivity (Wildman–Crippen MR) is 84.5 cm³/mol. The Balaban J connectivity index is 1.68. The predicted octanol–water partition coefficient (Wildman–Crippen LogP) is 2.64. The van der Waals surface area contributed by atoms with Gasteiger partial charge in [-0.25, -0.2) is 4.98 Å². The van der Waals surface area contributed by atoms with Gasteiger partial charge in [-0.15, -0.1) is 0 Å². The summed E-state index contributed by atoms with van der Waals surface area (Å²) >= 11 is 6.05. The molecule has 1 aromatic heterocycles. The van der Waals surface area contributed by atoms with Gasteiger partial charge in [0.25, 0.3) is 0 Å². The number of piperazine rings is 1. The number of nitrogens with two attached hydrogens (primary N) is 1. The van der Waals surface area contributed by atoms with Crippen molar-refractivity contribution in [2.24, 2.45) is 0 Å². The monoisotopic (exact) mass is 288 g/mol. The maximum atomic E-state index is 6.05. The standard InChI is InChI=1S/C15H17ClN4/c16-12-2-1-3-14(10-12)19-6-8-20(9-7-19)15-11-13(17)4-5-18-15/h1-5,10-11H,6-9H2,(H2,17,18). The third-order valence-corrected chi connectivity index (χ3v) is 3.78. The number of pyridine rings is 1. The number of benzene rings is 1. The summed E-state index contributed by atoms with van der Waals surface area (Å²) in [6, 6.07) is 11.7. The zero-order chi connectivity index (χ0) is 13.9. The maximum Gasteiger partial charge on any atom is 0.130 e. The van der Waals surface area contributed by atoms with Crippen LogP contribution in [-0.4, -0.2) is 31.2 Å². The molecule has 0 aliphatic carbocycles. The molecule has 2 heterocycles. The largest absolute Gasteiger partial charge is 0.399 e. The Hall–Kier alpha value is -1.94. The lowest BCUT2D eigenvalue weighted by Gasteiger charge is -2.36. The summed E-state index contributed by atoms with van der Waals surface area (Å²) in [5.74, 6) is 0.954. The normalized spacial score (nSPS) is 15.4. The van der Waals surface area contributed by atoms with Gasteiger partial charge < -0.3 is 15.5 Å². The molecule has 2 aromatic rings. The summed E-state index contributed by atoms with van der Waals surface area (Å²) in [4.78, 5) is 8.98. The van der Waals surface area contributed by atoms with Crippen molar-refractivity contribution in [3.05, 3.63) is 47.6 Å². The second-order valence-electron chi connectivity index (χ2n) is 4.90. The summed E-state index contributed by atoms with van der Waals surface area (Å²) in [5, 5.41) is 0.780. The van der Waals surface area contributed by atoms with Crippen LogP contribution in [0, 0.1) is 0 Å². The minimum atomic E-state index is 0.757. The Bertz CT molecular complexity index is 540. The number of aromatic nitrogens is 1. The Morgan fingerprint density at radius 2 is 1.75 bits per heavy atom. The van der Waals surface area contributed by atoms with Crippen molar-refractivity contribution >= 4 is 28.8 Å². The topological polar surface area (TPSA) is 45.4 Å². The van der Waals surface area contributed by atoms with Crippen LogP contribution in [0.5, 0.6) is 0 Å². The Labute approximate surface area is 123 Å². The SMILES string of the molecule is Nc1ccnc(N2CCN(c3cccc(Cl)c3)CC2)c1. The number of halogens is 1. The van der Waals surface area contributed by atoms with Crippen molar-refractivity contribution in [3.8, 4) is 0 Å². The van der Waals surface area contributed by atoms with Gasteiger partial charge in [0.2, 0.25) is 0 Å². The first-order chi connectivity index (χ1) is 9.72. The van der Waals surface area contributed by atoms with Crippen LogP contribution < -0.4 is 15.5 Å². The number of hydrogen-bond acceptors (Lipinski definition) is 4. The minimum Gasteiger partial charge on any atom is -0.399 e. The van der Waals surface area contributed by atoms with Crippen LogP contribution >= 0.6 is 11.6 Å². The summed E-state index contributed by atoms with van der Waals surface area (Å²) in [7, 11) is 0. The molecule has 0 amide bonds. The van der Waals surface area contributed by atoms with Gasteiger partial charge in [0.15, 0.2) is 0 Å². The van der Waals surface area contributed by atoms with E-state index in [0.717, 1.165) is 42.7 Å². The Morgan fingerprint density at radius 1 is 1.00 bits per heavy atom. The molecule has 0 spiro atoms. The van der Waals surface area contributed by atoms with Crippen molar-refractivity contribution in [2.75, 3.05) is 41.7 Å². The van der Waals surface area contributed by atoms with Crippen LogP contribution in [0.4, 0.5) is 17.2 Å². The van der Waals surface area contributed by atoms with Gasteiger partial charge in [0.05, 0.1) is 0 Å². The van der Waals surface area contributed by atoms with E-state index in [2.05, 4.69) is 20.9 Å². The molecule has 0 bridgehead atoms. The molecule has 5 heteroatoms. The third-order valence-electron chi connectivity index (χ3n) is 3.55. The molecule has 0 radical (unpaired) electrons. The second-order valence-corrected chi connectivity index (χ2v) is 5.34. The zero-order valence-electron chi connectivity index (χ0n) is 11.2. The molecule has 104 valence electrons. The van der Waals surface area contributed by atoms with E-state index < -0.39 is 0 Å². The van der Waals surface area contributed by atoms with Crippen molar-refractivity contribution < 1.29 is 0 Å². The van der Waals surface area contributed by atoms with Crippen molar-refractivity contribution in [1.82, 2.24) is 4.98 Å². The summed E-state index contributed by atoms with van der Waals surface area (Å²) in [5.41, 5.74) is 7.74. The number of nitrogens with zero attached hydrogens (tertiary/aromatic N) is 3. The first-order valence-corrected chi connectivity index (χ1v) is 7.07. The molecule has 3 rings (SSSR count). The fourth-order valence-corrected chi connectivity index (χ4v) is 2.66. The molecule has 0 atom stereocenters. The molecule has 0 saturated carbocycles. The van der Waals surface area contributed by atoms with Crippen LogP contribution in [0.15, 0.2) is 42.6 Å². The molecule has 1 fully saturated rings. The number of nitrogen functional groups attached to an aromatic ring is 1. The highest BCUT2D eigenvalue weighted by Gasteiger charge is 2.18. The lowest BCUT2D eigenvalue weighted by molar-refractivity contribution is 0.647. The van der Waals surface area contributed by atoms with E-state index in [1.54, 1.807) is 6.20 Å². The molecular formula is C15H17ClN4. The quantitative estimate of drug-likeness (QED) is 0.923. The number of anilines is 3. The first kappa shape index (κ1) is 13.1. The van der Waals surface area contributed by atoms with Crippen molar-refractivity contribution in [2.45, 2.75) is 0 Å². The van der Waals surface area contributed by atoms with Gasteiger partial charge in [-0.1, -0.05) is 17.7 Å². The third kappa shape index (κ3) is 2.80. The summed E-state index contributed by atoms with van der Waals surface area (Å²) in [6.07, 6.45) is 1.76. The van der Waals surface area contributed by atoms with Crippen molar-refractivity contribution in [3.63, 3.8) is 0 Å². The molecular weight excluding hydrogens is 272 g/mol. The Morgan fingerprint density at radius 3 is 2.45 bits per heavy atom. The van der Waals surface area contributed by atoms with E-state index in [-0.39, 0.29) is 0 Å². The number of rotatable bonds is 2. The van der Waals surface area contributed by atoms with E-state index in [1.165, 1.54) is 5.69 Å². The average Bonchev–Trinajstić information content (AvgIpc) is 2.47. The van der Waals surface area contributed by atoms with Crippen molar-refractivity contribution in [1.29, 1.82) is 0 Å². The van der Waals surface area contributed by atoms with Crippen LogP contribution in [0.1, 0.15) is 0 Å². The fraction of sp³-hybridized carbons (Fsp3) is 0.267. The highest BCUT2D eigenvalue weighted by molar-refractivity contribution is 6.30. The Kier molecular flexibility index (Phi) is 3.65. The van der Waals surface area contributed by atoms with E-state index in [0.29, 0.717) is 0 Å². The maximum absolute atomic E-state index is 6.05. The van der Waals surface area contributed by atoms with E-state index in [1.807, 2.05) is 30.3 Å².